The highest BCUT2D eigenvalue weighted by molar-refractivity contribution is 5.94. The average Bonchev–Trinajstić information content (AvgIpc) is 2.91. The van der Waals surface area contributed by atoms with Crippen molar-refractivity contribution in [2.75, 3.05) is 13.2 Å². The fourth-order valence-electron chi connectivity index (χ4n) is 2.13. The van der Waals surface area contributed by atoms with E-state index in [1.807, 2.05) is 24.3 Å². The molecule has 5 nitrogen and oxygen atoms in total. The van der Waals surface area contributed by atoms with Gasteiger partial charge in [-0.05, 0) is 17.5 Å². The number of benzene rings is 1. The number of rotatable bonds is 3. The molecule has 1 aromatic carbocycles. The van der Waals surface area contributed by atoms with Crippen LogP contribution in [0.15, 0.2) is 30.3 Å². The van der Waals surface area contributed by atoms with Gasteiger partial charge in [0.15, 0.2) is 5.69 Å². The molecule has 1 saturated heterocycles. The summed E-state index contributed by atoms with van der Waals surface area (Å²) in [5.74, 6) is -0.690. The Labute approximate surface area is 109 Å². The predicted octanol–water partition coefficient (Wildman–Crippen LogP) is 2.10. The summed E-state index contributed by atoms with van der Waals surface area (Å²) in [5, 5.41) is 10.7. The summed E-state index contributed by atoms with van der Waals surface area (Å²) in [6, 6.07) is 9.01. The Morgan fingerprint density at radius 2 is 2.26 bits per heavy atom. The van der Waals surface area contributed by atoms with E-state index in [1.54, 1.807) is 6.07 Å². The molecule has 1 aliphatic heterocycles. The van der Waals surface area contributed by atoms with Crippen LogP contribution in [0.25, 0.3) is 10.8 Å². The predicted molar refractivity (Wildman–Crippen MR) is 68.6 cm³/mol. The van der Waals surface area contributed by atoms with Crippen molar-refractivity contribution < 1.29 is 19.4 Å². The van der Waals surface area contributed by atoms with Crippen molar-refractivity contribution in [3.8, 4) is 5.88 Å². The molecule has 0 amide bonds. The van der Waals surface area contributed by atoms with Crippen LogP contribution in [0.3, 0.4) is 0 Å². The van der Waals surface area contributed by atoms with Crippen LogP contribution in [0.4, 0.5) is 0 Å². The smallest absolute Gasteiger partial charge is 0.354 e. The van der Waals surface area contributed by atoms with Gasteiger partial charge in [0, 0.05) is 11.8 Å². The number of aromatic nitrogens is 1. The molecular formula is C14H13NO4. The van der Waals surface area contributed by atoms with Crippen molar-refractivity contribution in [2.45, 2.75) is 12.5 Å². The zero-order valence-electron chi connectivity index (χ0n) is 10.2. The molecule has 1 atom stereocenters. The van der Waals surface area contributed by atoms with Crippen LogP contribution in [0.1, 0.15) is 16.9 Å². The summed E-state index contributed by atoms with van der Waals surface area (Å²) >= 11 is 0. The highest BCUT2D eigenvalue weighted by atomic mass is 16.5. The van der Waals surface area contributed by atoms with Crippen molar-refractivity contribution in [2.24, 2.45) is 0 Å². The van der Waals surface area contributed by atoms with E-state index in [9.17, 15) is 4.79 Å². The first-order valence-corrected chi connectivity index (χ1v) is 6.11. The van der Waals surface area contributed by atoms with Crippen LogP contribution in [-0.2, 0) is 4.74 Å². The van der Waals surface area contributed by atoms with Gasteiger partial charge in [0.25, 0.3) is 0 Å². The Kier molecular flexibility index (Phi) is 3.05. The molecule has 3 rings (SSSR count). The van der Waals surface area contributed by atoms with E-state index in [2.05, 4.69) is 4.98 Å². The number of carboxylic acid groups (broad SMARTS) is 1. The first-order chi connectivity index (χ1) is 9.24. The Morgan fingerprint density at radius 3 is 3.00 bits per heavy atom. The van der Waals surface area contributed by atoms with Gasteiger partial charge in [0.05, 0.1) is 13.2 Å². The maximum absolute atomic E-state index is 11.1. The van der Waals surface area contributed by atoms with Gasteiger partial charge in [0.1, 0.15) is 6.10 Å². The molecule has 19 heavy (non-hydrogen) atoms. The van der Waals surface area contributed by atoms with E-state index in [1.165, 1.54) is 0 Å². The summed E-state index contributed by atoms with van der Waals surface area (Å²) in [6.07, 6.45) is 0.743. The van der Waals surface area contributed by atoms with Crippen molar-refractivity contribution in [1.29, 1.82) is 0 Å². The molecule has 2 heterocycles. The topological polar surface area (TPSA) is 68.7 Å². The molecule has 0 spiro atoms. The van der Waals surface area contributed by atoms with Gasteiger partial charge in [-0.15, -0.1) is 0 Å². The molecule has 0 bridgehead atoms. The second kappa shape index (κ2) is 4.85. The molecule has 1 N–H and O–H groups in total. The van der Waals surface area contributed by atoms with Gasteiger partial charge in [0.2, 0.25) is 5.88 Å². The normalized spacial score (nSPS) is 18.6. The number of ether oxygens (including phenoxy) is 2. The van der Waals surface area contributed by atoms with E-state index in [0.29, 0.717) is 19.1 Å². The monoisotopic (exact) mass is 259 g/mol. The molecule has 2 aromatic rings. The SMILES string of the molecule is O=C(O)c1cc2ccccc2c(OC2CCOC2)n1. The molecule has 0 saturated carbocycles. The molecule has 1 fully saturated rings. The summed E-state index contributed by atoms with van der Waals surface area (Å²) < 4.78 is 11.0. The van der Waals surface area contributed by atoms with E-state index in [-0.39, 0.29) is 11.8 Å². The van der Waals surface area contributed by atoms with Gasteiger partial charge in [-0.25, -0.2) is 9.78 Å². The fourth-order valence-corrected chi connectivity index (χ4v) is 2.13. The minimum Gasteiger partial charge on any atom is -0.477 e. The van der Waals surface area contributed by atoms with Crippen LogP contribution in [-0.4, -0.2) is 35.4 Å². The van der Waals surface area contributed by atoms with Crippen LogP contribution in [0.2, 0.25) is 0 Å². The Balaban J connectivity index is 2.06. The maximum Gasteiger partial charge on any atom is 0.354 e. The van der Waals surface area contributed by atoms with Crippen LogP contribution < -0.4 is 4.74 Å². The Bertz CT molecular complexity index is 620. The number of fused-ring (bicyclic) bond motifs is 1. The standard InChI is InChI=1S/C14H13NO4/c16-14(17)12-7-9-3-1-2-4-11(9)13(15-12)19-10-5-6-18-8-10/h1-4,7,10H,5-6,8H2,(H,16,17). The summed E-state index contributed by atoms with van der Waals surface area (Å²) in [4.78, 5) is 15.2. The Morgan fingerprint density at radius 1 is 1.42 bits per heavy atom. The number of hydrogen-bond acceptors (Lipinski definition) is 4. The molecule has 98 valence electrons. The lowest BCUT2D eigenvalue weighted by molar-refractivity contribution is 0.0688. The summed E-state index contributed by atoms with van der Waals surface area (Å²) in [6.45, 7) is 1.19. The number of pyridine rings is 1. The lowest BCUT2D eigenvalue weighted by Gasteiger charge is -2.13. The van der Waals surface area contributed by atoms with Gasteiger partial charge in [-0.2, -0.15) is 0 Å². The zero-order valence-corrected chi connectivity index (χ0v) is 10.2. The van der Waals surface area contributed by atoms with Crippen molar-refractivity contribution in [3.05, 3.63) is 36.0 Å². The summed E-state index contributed by atoms with van der Waals surface area (Å²) in [7, 11) is 0. The number of hydrogen-bond donors (Lipinski definition) is 1. The lowest BCUT2D eigenvalue weighted by Crippen LogP contribution is -2.17. The molecule has 1 aromatic heterocycles. The van der Waals surface area contributed by atoms with Crippen molar-refractivity contribution in [3.63, 3.8) is 0 Å². The second-order valence-electron chi connectivity index (χ2n) is 4.44. The highest BCUT2D eigenvalue weighted by Gasteiger charge is 2.20. The van der Waals surface area contributed by atoms with Gasteiger partial charge in [-0.3, -0.25) is 0 Å². The first kappa shape index (κ1) is 11.9. The maximum atomic E-state index is 11.1. The van der Waals surface area contributed by atoms with E-state index >= 15 is 0 Å². The number of carbonyl (C=O) groups is 1. The fraction of sp³-hybridized carbons (Fsp3) is 0.286. The third-order valence-corrected chi connectivity index (χ3v) is 3.09. The third-order valence-electron chi connectivity index (χ3n) is 3.09. The quantitative estimate of drug-likeness (QED) is 0.914. The van der Waals surface area contributed by atoms with Crippen molar-refractivity contribution >= 4 is 16.7 Å². The first-order valence-electron chi connectivity index (χ1n) is 6.11. The average molecular weight is 259 g/mol. The minimum absolute atomic E-state index is 0.00684. The van der Waals surface area contributed by atoms with Crippen LogP contribution in [0.5, 0.6) is 5.88 Å². The third kappa shape index (κ3) is 2.37. The van der Waals surface area contributed by atoms with Crippen LogP contribution >= 0.6 is 0 Å². The van der Waals surface area contributed by atoms with Crippen molar-refractivity contribution in [1.82, 2.24) is 4.98 Å². The minimum atomic E-state index is -1.06. The largest absolute Gasteiger partial charge is 0.477 e. The lowest BCUT2D eigenvalue weighted by atomic mass is 10.1. The van der Waals surface area contributed by atoms with Crippen LogP contribution in [0, 0.1) is 0 Å². The zero-order chi connectivity index (χ0) is 13.2. The van der Waals surface area contributed by atoms with Gasteiger partial charge in [-0.1, -0.05) is 18.2 Å². The highest BCUT2D eigenvalue weighted by Crippen LogP contribution is 2.26. The Hall–Kier alpha value is -2.14. The molecule has 0 radical (unpaired) electrons. The van der Waals surface area contributed by atoms with E-state index in [0.717, 1.165) is 17.2 Å². The van der Waals surface area contributed by atoms with E-state index < -0.39 is 5.97 Å². The number of nitrogens with zero attached hydrogens (tertiary/aromatic N) is 1. The molecular weight excluding hydrogens is 246 g/mol. The van der Waals surface area contributed by atoms with E-state index in [4.69, 9.17) is 14.6 Å². The number of carboxylic acids is 1. The van der Waals surface area contributed by atoms with Gasteiger partial charge < -0.3 is 14.6 Å². The molecule has 1 aliphatic rings. The summed E-state index contributed by atoms with van der Waals surface area (Å²) in [5.41, 5.74) is -0.00684. The second-order valence-corrected chi connectivity index (χ2v) is 4.44. The molecule has 1 unspecified atom stereocenters. The number of aromatic carboxylic acids is 1. The molecule has 0 aliphatic carbocycles. The molecule has 5 heteroatoms. The van der Waals surface area contributed by atoms with Gasteiger partial charge >= 0.3 is 5.97 Å².